The Morgan fingerprint density at radius 1 is 1.47 bits per heavy atom. The monoisotopic (exact) mass is 204 g/mol. The summed E-state index contributed by atoms with van der Waals surface area (Å²) in [6.45, 7) is 1.96. The third kappa shape index (κ3) is 1.44. The second-order valence-corrected chi connectivity index (χ2v) is 3.42. The van der Waals surface area contributed by atoms with Crippen LogP contribution in [0, 0.1) is 6.92 Å². The number of hydrogen-bond donors (Lipinski definition) is 2. The molecule has 0 aliphatic carbocycles. The topological polar surface area (TPSA) is 68.1 Å². The summed E-state index contributed by atoms with van der Waals surface area (Å²) < 4.78 is 5.20. The molecule has 2 aromatic rings. The first-order valence-corrected chi connectivity index (χ1v) is 4.59. The van der Waals surface area contributed by atoms with Crippen LogP contribution in [0.1, 0.15) is 16.1 Å². The fraction of sp³-hybridized carbons (Fsp3) is 0.182. The van der Waals surface area contributed by atoms with E-state index in [2.05, 4.69) is 4.98 Å². The lowest BCUT2D eigenvalue weighted by molar-refractivity contribution is 0.0996. The van der Waals surface area contributed by atoms with Gasteiger partial charge in [-0.2, -0.15) is 0 Å². The SMILES string of the molecule is COc1ccc(C)c2[nH]c(C(N)=O)cc12. The summed E-state index contributed by atoms with van der Waals surface area (Å²) in [5, 5.41) is 0.881. The normalized spacial score (nSPS) is 10.5. The van der Waals surface area contributed by atoms with E-state index in [0.29, 0.717) is 5.69 Å². The van der Waals surface area contributed by atoms with Crippen molar-refractivity contribution in [2.45, 2.75) is 6.92 Å². The van der Waals surface area contributed by atoms with Crippen molar-refractivity contribution in [3.8, 4) is 5.75 Å². The Morgan fingerprint density at radius 3 is 2.80 bits per heavy atom. The van der Waals surface area contributed by atoms with Gasteiger partial charge in [-0.3, -0.25) is 4.79 Å². The minimum atomic E-state index is -0.465. The standard InChI is InChI=1S/C11H12N2O2/c1-6-3-4-9(15-2)7-5-8(11(12)14)13-10(6)7/h3-5,13H,1-2H3,(H2,12,14). The number of nitrogens with one attached hydrogen (secondary N) is 1. The van der Waals surface area contributed by atoms with Crippen LogP contribution in [-0.4, -0.2) is 18.0 Å². The number of aromatic amines is 1. The highest BCUT2D eigenvalue weighted by Gasteiger charge is 2.10. The van der Waals surface area contributed by atoms with Crippen LogP contribution in [0.25, 0.3) is 10.9 Å². The molecule has 0 aliphatic rings. The van der Waals surface area contributed by atoms with Gasteiger partial charge < -0.3 is 15.5 Å². The second-order valence-electron chi connectivity index (χ2n) is 3.42. The van der Waals surface area contributed by atoms with E-state index in [-0.39, 0.29) is 0 Å². The highest BCUT2D eigenvalue weighted by atomic mass is 16.5. The molecule has 3 N–H and O–H groups in total. The first-order valence-electron chi connectivity index (χ1n) is 4.59. The Labute approximate surface area is 87.0 Å². The van der Waals surface area contributed by atoms with Crippen molar-refractivity contribution in [1.29, 1.82) is 0 Å². The maximum absolute atomic E-state index is 11.0. The van der Waals surface area contributed by atoms with E-state index < -0.39 is 5.91 Å². The Bertz CT molecular complexity index is 529. The highest BCUT2D eigenvalue weighted by molar-refractivity contribution is 5.99. The van der Waals surface area contributed by atoms with Crippen LogP contribution in [0.15, 0.2) is 18.2 Å². The van der Waals surface area contributed by atoms with Crippen molar-refractivity contribution in [1.82, 2.24) is 4.98 Å². The van der Waals surface area contributed by atoms with E-state index in [1.54, 1.807) is 13.2 Å². The summed E-state index contributed by atoms with van der Waals surface area (Å²) in [5.74, 6) is 0.270. The predicted octanol–water partition coefficient (Wildman–Crippen LogP) is 1.58. The number of H-pyrrole nitrogens is 1. The largest absolute Gasteiger partial charge is 0.496 e. The van der Waals surface area contributed by atoms with E-state index in [4.69, 9.17) is 10.5 Å². The molecule has 0 saturated carbocycles. The molecule has 0 bridgehead atoms. The van der Waals surface area contributed by atoms with Crippen molar-refractivity contribution in [2.24, 2.45) is 5.73 Å². The van der Waals surface area contributed by atoms with Crippen molar-refractivity contribution in [3.05, 3.63) is 29.5 Å². The van der Waals surface area contributed by atoms with Crippen molar-refractivity contribution < 1.29 is 9.53 Å². The number of hydrogen-bond acceptors (Lipinski definition) is 2. The molecule has 4 nitrogen and oxygen atoms in total. The van der Waals surface area contributed by atoms with Crippen LogP contribution in [0.2, 0.25) is 0 Å². The molecule has 2 rings (SSSR count). The number of benzene rings is 1. The molecule has 4 heteroatoms. The lowest BCUT2D eigenvalue weighted by atomic mass is 10.1. The summed E-state index contributed by atoms with van der Waals surface area (Å²) in [7, 11) is 1.60. The third-order valence-electron chi connectivity index (χ3n) is 2.45. The molecule has 0 spiro atoms. The predicted molar refractivity (Wildman–Crippen MR) is 58.1 cm³/mol. The van der Waals surface area contributed by atoms with Crippen LogP contribution in [0.5, 0.6) is 5.75 Å². The number of amides is 1. The maximum Gasteiger partial charge on any atom is 0.265 e. The first-order chi connectivity index (χ1) is 7.13. The number of ether oxygens (including phenoxy) is 1. The number of aromatic nitrogens is 1. The van der Waals surface area contributed by atoms with Crippen molar-refractivity contribution >= 4 is 16.8 Å². The molecule has 15 heavy (non-hydrogen) atoms. The number of methoxy groups -OCH3 is 1. The van der Waals surface area contributed by atoms with E-state index in [1.807, 2.05) is 19.1 Å². The van der Waals surface area contributed by atoms with Crippen molar-refractivity contribution in [2.75, 3.05) is 7.11 Å². The fourth-order valence-corrected chi connectivity index (χ4v) is 1.64. The number of carbonyl (C=O) groups is 1. The molecule has 0 saturated heterocycles. The average Bonchev–Trinajstić information content (AvgIpc) is 2.64. The number of fused-ring (bicyclic) bond motifs is 1. The number of aryl methyl sites for hydroxylation is 1. The van der Waals surface area contributed by atoms with Gasteiger partial charge in [0, 0.05) is 5.39 Å². The number of primary amides is 1. The molecule has 78 valence electrons. The lowest BCUT2D eigenvalue weighted by Crippen LogP contribution is -2.10. The Morgan fingerprint density at radius 2 is 2.20 bits per heavy atom. The minimum Gasteiger partial charge on any atom is -0.496 e. The zero-order valence-corrected chi connectivity index (χ0v) is 8.63. The molecule has 1 aromatic heterocycles. The van der Waals surface area contributed by atoms with Gasteiger partial charge in [0.15, 0.2) is 0 Å². The van der Waals surface area contributed by atoms with Gasteiger partial charge in [0.05, 0.1) is 12.6 Å². The van der Waals surface area contributed by atoms with Gasteiger partial charge in [-0.05, 0) is 24.6 Å². The van der Waals surface area contributed by atoms with Gasteiger partial charge in [-0.25, -0.2) is 0 Å². The number of rotatable bonds is 2. The van der Waals surface area contributed by atoms with Crippen LogP contribution in [0.4, 0.5) is 0 Å². The van der Waals surface area contributed by atoms with Gasteiger partial charge in [-0.1, -0.05) is 6.07 Å². The molecule has 0 radical (unpaired) electrons. The van der Waals surface area contributed by atoms with Crippen LogP contribution >= 0.6 is 0 Å². The first kappa shape index (κ1) is 9.58. The molecular formula is C11H12N2O2. The zero-order chi connectivity index (χ0) is 11.0. The minimum absolute atomic E-state index is 0.401. The molecular weight excluding hydrogens is 192 g/mol. The summed E-state index contributed by atoms with van der Waals surface area (Å²) >= 11 is 0. The van der Waals surface area contributed by atoms with Gasteiger partial charge in [0.1, 0.15) is 11.4 Å². The van der Waals surface area contributed by atoms with Gasteiger partial charge in [0.25, 0.3) is 5.91 Å². The summed E-state index contributed by atoms with van der Waals surface area (Å²) in [6, 6.07) is 5.52. The Kier molecular flexibility index (Phi) is 2.11. The molecule has 0 aliphatic heterocycles. The molecule has 0 unspecified atom stereocenters. The van der Waals surface area contributed by atoms with Crippen molar-refractivity contribution in [3.63, 3.8) is 0 Å². The lowest BCUT2D eigenvalue weighted by Gasteiger charge is -2.02. The summed E-state index contributed by atoms with van der Waals surface area (Å²) in [4.78, 5) is 14.0. The van der Waals surface area contributed by atoms with Crippen LogP contribution < -0.4 is 10.5 Å². The molecule has 0 fully saturated rings. The summed E-state index contributed by atoms with van der Waals surface area (Å²) in [5.41, 5.74) is 7.55. The quantitative estimate of drug-likeness (QED) is 0.779. The number of nitrogens with two attached hydrogens (primary N) is 1. The second kappa shape index (κ2) is 3.31. The van der Waals surface area contributed by atoms with E-state index in [9.17, 15) is 4.79 Å². The van der Waals surface area contributed by atoms with Gasteiger partial charge in [0.2, 0.25) is 0 Å². The van der Waals surface area contributed by atoms with E-state index in [0.717, 1.165) is 22.2 Å². The number of carbonyl (C=O) groups excluding carboxylic acids is 1. The third-order valence-corrected chi connectivity index (χ3v) is 2.45. The Hall–Kier alpha value is -1.97. The van der Waals surface area contributed by atoms with Crippen LogP contribution in [0.3, 0.4) is 0 Å². The summed E-state index contributed by atoms with van der Waals surface area (Å²) in [6.07, 6.45) is 0. The fourth-order valence-electron chi connectivity index (χ4n) is 1.64. The van der Waals surface area contributed by atoms with Gasteiger partial charge in [-0.15, -0.1) is 0 Å². The average molecular weight is 204 g/mol. The van der Waals surface area contributed by atoms with E-state index >= 15 is 0 Å². The molecule has 1 aromatic carbocycles. The zero-order valence-electron chi connectivity index (χ0n) is 8.63. The maximum atomic E-state index is 11.0. The highest BCUT2D eigenvalue weighted by Crippen LogP contribution is 2.28. The van der Waals surface area contributed by atoms with E-state index in [1.165, 1.54) is 0 Å². The van der Waals surface area contributed by atoms with Gasteiger partial charge >= 0.3 is 0 Å². The molecule has 1 amide bonds. The molecule has 1 heterocycles. The Balaban J connectivity index is 2.77. The smallest absolute Gasteiger partial charge is 0.265 e. The molecule has 0 atom stereocenters. The van der Waals surface area contributed by atoms with Crippen LogP contribution in [-0.2, 0) is 0 Å².